The van der Waals surface area contributed by atoms with Gasteiger partial charge in [-0.3, -0.25) is 9.59 Å². The highest BCUT2D eigenvalue weighted by atomic mass is 35.5. The summed E-state index contributed by atoms with van der Waals surface area (Å²) in [5.41, 5.74) is 5.37. The Labute approximate surface area is 213 Å². The van der Waals surface area contributed by atoms with Crippen LogP contribution in [0.25, 0.3) is 11.1 Å². The second kappa shape index (κ2) is 10.4. The fraction of sp³-hybridized carbons (Fsp3) is 0.103. The molecular formula is C29H23ClN2O2S. The molecule has 0 unspecified atom stereocenters. The number of para-hydroxylation sites is 1. The van der Waals surface area contributed by atoms with Crippen molar-refractivity contribution >= 4 is 40.9 Å². The average Bonchev–Trinajstić information content (AvgIpc) is 3.26. The minimum atomic E-state index is -0.173. The lowest BCUT2D eigenvalue weighted by Crippen LogP contribution is -2.27. The van der Waals surface area contributed by atoms with Crippen LogP contribution in [0.1, 0.15) is 26.9 Å². The molecule has 4 aromatic rings. The van der Waals surface area contributed by atoms with Gasteiger partial charge in [0.15, 0.2) is 0 Å². The van der Waals surface area contributed by atoms with Gasteiger partial charge in [0.1, 0.15) is 5.37 Å². The first-order valence-corrected chi connectivity index (χ1v) is 12.7. The number of halogens is 1. The van der Waals surface area contributed by atoms with Crippen molar-refractivity contribution in [2.75, 3.05) is 11.1 Å². The Hall–Kier alpha value is -3.54. The van der Waals surface area contributed by atoms with Crippen molar-refractivity contribution in [3.8, 4) is 11.1 Å². The highest BCUT2D eigenvalue weighted by Crippen LogP contribution is 2.39. The predicted molar refractivity (Wildman–Crippen MR) is 143 cm³/mol. The van der Waals surface area contributed by atoms with E-state index in [1.165, 1.54) is 0 Å². The molecule has 1 N–H and O–H groups in total. The average molecular weight is 499 g/mol. The first-order valence-electron chi connectivity index (χ1n) is 11.3. The third-order valence-corrected chi connectivity index (χ3v) is 7.46. The van der Waals surface area contributed by atoms with E-state index in [2.05, 4.69) is 5.32 Å². The van der Waals surface area contributed by atoms with E-state index in [9.17, 15) is 9.59 Å². The first-order chi connectivity index (χ1) is 17.1. The highest BCUT2D eigenvalue weighted by molar-refractivity contribution is 8.00. The summed E-state index contributed by atoms with van der Waals surface area (Å²) in [6, 6.07) is 32.8. The second-order valence-electron chi connectivity index (χ2n) is 8.30. The summed E-state index contributed by atoms with van der Waals surface area (Å²) in [5.74, 6) is 0.374. The summed E-state index contributed by atoms with van der Waals surface area (Å²) >= 11 is 7.60. The lowest BCUT2D eigenvalue weighted by atomic mass is 10.0. The molecule has 1 fully saturated rings. The monoisotopic (exact) mass is 498 g/mol. The molecule has 1 atom stereocenters. The van der Waals surface area contributed by atoms with Gasteiger partial charge >= 0.3 is 0 Å². The summed E-state index contributed by atoms with van der Waals surface area (Å²) in [5, 5.41) is 3.63. The van der Waals surface area contributed by atoms with Crippen LogP contribution in [0.3, 0.4) is 0 Å². The SMILES string of the molecule is O=C(Nc1ccccc1-c1ccccc1)c1ccc([C@@H]2SCC(=O)N2Cc2ccc(Cl)cc2)cc1. The minimum Gasteiger partial charge on any atom is -0.322 e. The zero-order chi connectivity index (χ0) is 24.2. The van der Waals surface area contributed by atoms with E-state index in [0.717, 1.165) is 27.9 Å². The number of hydrogen-bond acceptors (Lipinski definition) is 3. The molecule has 4 nitrogen and oxygen atoms in total. The predicted octanol–water partition coefficient (Wildman–Crippen LogP) is 7.03. The van der Waals surface area contributed by atoms with E-state index in [0.29, 0.717) is 22.9 Å². The maximum absolute atomic E-state index is 13.0. The zero-order valence-corrected chi connectivity index (χ0v) is 20.4. The van der Waals surface area contributed by atoms with E-state index in [4.69, 9.17) is 11.6 Å². The van der Waals surface area contributed by atoms with Gasteiger partial charge in [0.2, 0.25) is 5.91 Å². The quantitative estimate of drug-likeness (QED) is 0.310. The van der Waals surface area contributed by atoms with Crippen LogP contribution >= 0.6 is 23.4 Å². The Bertz CT molecular complexity index is 1340. The minimum absolute atomic E-state index is 0.0888. The first kappa shape index (κ1) is 23.2. The molecule has 1 aliphatic heterocycles. The molecule has 1 heterocycles. The summed E-state index contributed by atoms with van der Waals surface area (Å²) < 4.78 is 0. The molecule has 1 saturated heterocycles. The number of hydrogen-bond donors (Lipinski definition) is 1. The van der Waals surface area contributed by atoms with Crippen molar-refractivity contribution < 1.29 is 9.59 Å². The lowest BCUT2D eigenvalue weighted by molar-refractivity contribution is -0.128. The van der Waals surface area contributed by atoms with Crippen LogP contribution in [0.5, 0.6) is 0 Å². The van der Waals surface area contributed by atoms with E-state index in [1.807, 2.05) is 108 Å². The van der Waals surface area contributed by atoms with Crippen molar-refractivity contribution in [2.24, 2.45) is 0 Å². The van der Waals surface area contributed by atoms with Gasteiger partial charge in [0, 0.05) is 28.4 Å². The zero-order valence-electron chi connectivity index (χ0n) is 18.9. The molecule has 2 amide bonds. The van der Waals surface area contributed by atoms with Crippen LogP contribution in [-0.2, 0) is 11.3 Å². The number of rotatable bonds is 6. The van der Waals surface area contributed by atoms with Gasteiger partial charge in [-0.15, -0.1) is 11.8 Å². The number of carbonyl (C=O) groups excluding carboxylic acids is 2. The maximum atomic E-state index is 13.0. The fourth-order valence-corrected chi connectivity index (χ4v) is 5.46. The molecule has 0 radical (unpaired) electrons. The number of nitrogens with one attached hydrogen (secondary N) is 1. The van der Waals surface area contributed by atoms with Crippen LogP contribution in [0.2, 0.25) is 5.02 Å². The van der Waals surface area contributed by atoms with Gasteiger partial charge < -0.3 is 10.2 Å². The van der Waals surface area contributed by atoms with E-state index in [-0.39, 0.29) is 17.2 Å². The normalized spacial score (nSPS) is 15.3. The van der Waals surface area contributed by atoms with Crippen molar-refractivity contribution in [3.63, 3.8) is 0 Å². The van der Waals surface area contributed by atoms with Gasteiger partial charge in [-0.05, 0) is 47.0 Å². The number of amides is 2. The summed E-state index contributed by atoms with van der Waals surface area (Å²) in [6.07, 6.45) is 0. The molecule has 5 rings (SSSR count). The van der Waals surface area contributed by atoms with Crippen LogP contribution in [-0.4, -0.2) is 22.5 Å². The van der Waals surface area contributed by atoms with Gasteiger partial charge in [0.25, 0.3) is 5.91 Å². The molecule has 6 heteroatoms. The maximum Gasteiger partial charge on any atom is 0.255 e. The van der Waals surface area contributed by atoms with Crippen LogP contribution < -0.4 is 5.32 Å². The molecule has 0 bridgehead atoms. The Morgan fingerprint density at radius 3 is 2.31 bits per heavy atom. The largest absolute Gasteiger partial charge is 0.322 e. The Morgan fingerprint density at radius 1 is 0.886 bits per heavy atom. The third-order valence-electron chi connectivity index (χ3n) is 5.95. The van der Waals surface area contributed by atoms with Gasteiger partial charge in [-0.1, -0.05) is 84.4 Å². The van der Waals surface area contributed by atoms with E-state index < -0.39 is 0 Å². The number of benzene rings is 4. The van der Waals surface area contributed by atoms with Crippen molar-refractivity contribution in [2.45, 2.75) is 11.9 Å². The van der Waals surface area contributed by atoms with E-state index in [1.54, 1.807) is 11.8 Å². The Balaban J connectivity index is 1.31. The topological polar surface area (TPSA) is 49.4 Å². The standard InChI is InChI=1S/C29H23ClN2O2S/c30-24-16-10-20(11-17-24)18-32-27(33)19-35-29(32)23-14-12-22(13-15-23)28(34)31-26-9-5-4-8-25(26)21-6-2-1-3-7-21/h1-17,29H,18-19H2,(H,31,34)/t29-/m0/s1. The summed E-state index contributed by atoms with van der Waals surface area (Å²) in [6.45, 7) is 0.520. The molecular weight excluding hydrogens is 476 g/mol. The van der Waals surface area contributed by atoms with Gasteiger partial charge in [-0.25, -0.2) is 0 Å². The number of anilines is 1. The Kier molecular flexibility index (Phi) is 6.89. The molecule has 1 aliphatic rings. The number of thioether (sulfide) groups is 1. The van der Waals surface area contributed by atoms with E-state index >= 15 is 0 Å². The van der Waals surface area contributed by atoms with Crippen LogP contribution in [0, 0.1) is 0 Å². The molecule has 174 valence electrons. The molecule has 35 heavy (non-hydrogen) atoms. The Morgan fingerprint density at radius 2 is 1.57 bits per heavy atom. The molecule has 4 aromatic carbocycles. The van der Waals surface area contributed by atoms with Crippen molar-refractivity contribution in [1.29, 1.82) is 0 Å². The molecule has 0 aliphatic carbocycles. The smallest absolute Gasteiger partial charge is 0.255 e. The number of nitrogens with zero attached hydrogens (tertiary/aromatic N) is 1. The van der Waals surface area contributed by atoms with Crippen molar-refractivity contribution in [3.05, 3.63) is 125 Å². The number of carbonyl (C=O) groups is 2. The molecule has 0 spiro atoms. The third kappa shape index (κ3) is 5.26. The summed E-state index contributed by atoms with van der Waals surface area (Å²) in [7, 11) is 0. The van der Waals surface area contributed by atoms with Crippen LogP contribution in [0.15, 0.2) is 103 Å². The van der Waals surface area contributed by atoms with Gasteiger partial charge in [-0.2, -0.15) is 0 Å². The fourth-order valence-electron chi connectivity index (χ4n) is 4.14. The molecule has 0 saturated carbocycles. The highest BCUT2D eigenvalue weighted by Gasteiger charge is 2.32. The van der Waals surface area contributed by atoms with Crippen molar-refractivity contribution in [1.82, 2.24) is 4.90 Å². The van der Waals surface area contributed by atoms with Gasteiger partial charge in [0.05, 0.1) is 5.75 Å². The van der Waals surface area contributed by atoms with Crippen LogP contribution in [0.4, 0.5) is 5.69 Å². The summed E-state index contributed by atoms with van der Waals surface area (Å²) in [4.78, 5) is 27.5. The second-order valence-corrected chi connectivity index (χ2v) is 9.80. The molecule has 0 aromatic heterocycles. The lowest BCUT2D eigenvalue weighted by Gasteiger charge is -2.24.